The number of hydrogen-bond donors (Lipinski definition) is 1. The lowest BCUT2D eigenvalue weighted by Gasteiger charge is -2.17. The highest BCUT2D eigenvalue weighted by atomic mass is 127. The van der Waals surface area contributed by atoms with Gasteiger partial charge in [-0.15, -0.1) is 5.10 Å². The Bertz CT molecular complexity index is 1280. The molecule has 0 saturated heterocycles. The third kappa shape index (κ3) is 4.14. The van der Waals surface area contributed by atoms with Crippen molar-refractivity contribution in [3.05, 3.63) is 42.1 Å². The van der Waals surface area contributed by atoms with Crippen LogP contribution < -0.4 is 5.32 Å². The number of fused-ring (bicyclic) bond motifs is 1. The van der Waals surface area contributed by atoms with Gasteiger partial charge in [0.25, 0.3) is 0 Å². The lowest BCUT2D eigenvalue weighted by atomic mass is 10.1. The van der Waals surface area contributed by atoms with Gasteiger partial charge in [0.1, 0.15) is 0 Å². The van der Waals surface area contributed by atoms with Crippen LogP contribution in [0, 0.1) is 5.82 Å². The maximum Gasteiger partial charge on any atom is 0.316 e. The zero-order valence-corrected chi connectivity index (χ0v) is 20.2. The molecule has 1 fully saturated rings. The van der Waals surface area contributed by atoms with Crippen molar-refractivity contribution in [2.24, 2.45) is 0 Å². The summed E-state index contributed by atoms with van der Waals surface area (Å²) in [5.41, 5.74) is 2.97. The number of aromatic nitrogens is 5. The first-order valence-electron chi connectivity index (χ1n) is 9.91. The molecule has 4 aromatic rings. The molecule has 0 bridgehead atoms. The number of anilines is 1. The fraction of sp³-hybridized carbons (Fsp3) is 0.333. The molecule has 0 atom stereocenters. The molecule has 5 rings (SSSR count). The second-order valence-electron chi connectivity index (χ2n) is 8.66. The van der Waals surface area contributed by atoms with Gasteiger partial charge in [0.15, 0.2) is 11.6 Å². The summed E-state index contributed by atoms with van der Waals surface area (Å²) < 4.78 is 22.1. The Balaban J connectivity index is 1.59. The van der Waals surface area contributed by atoms with Gasteiger partial charge in [-0.05, 0) is 51.8 Å². The molecule has 7 nitrogen and oxygen atoms in total. The summed E-state index contributed by atoms with van der Waals surface area (Å²) in [6.07, 6.45) is 5.22. The van der Waals surface area contributed by atoms with E-state index in [1.165, 1.54) is 6.20 Å². The van der Waals surface area contributed by atoms with E-state index in [0.717, 1.165) is 34.9 Å². The third-order valence-electron chi connectivity index (χ3n) is 4.97. The Morgan fingerprint density at radius 3 is 2.77 bits per heavy atom. The summed E-state index contributed by atoms with van der Waals surface area (Å²) in [4.78, 5) is 8.87. The van der Waals surface area contributed by atoms with Crippen molar-refractivity contribution < 1.29 is 8.81 Å². The number of halogens is 2. The first-order chi connectivity index (χ1) is 14.8. The molecule has 0 aliphatic heterocycles. The molecular weight excluding hydrogens is 530 g/mol. The van der Waals surface area contributed by atoms with Crippen LogP contribution in [0.1, 0.15) is 45.2 Å². The van der Waals surface area contributed by atoms with Gasteiger partial charge in [0.05, 0.1) is 17.4 Å². The standard InChI is InChI=1S/C21H20FIN6OS/c1-21(2,3)26-20-28-27-19(30-20)12-6-7-16-13(8-12)14(10-29(16)31-23)18-24-9-15(22)17(25-18)11-4-5-11/h6-11H,4-5H2,1-3H3,(H,26,28). The van der Waals surface area contributed by atoms with E-state index in [0.29, 0.717) is 23.4 Å². The molecule has 160 valence electrons. The molecular formula is C21H20FIN6OS. The Hall–Kier alpha value is -2.21. The van der Waals surface area contributed by atoms with Gasteiger partial charge in [-0.1, -0.05) is 5.10 Å². The zero-order chi connectivity index (χ0) is 21.8. The molecule has 0 spiro atoms. The van der Waals surface area contributed by atoms with Gasteiger partial charge in [-0.25, -0.2) is 14.4 Å². The smallest absolute Gasteiger partial charge is 0.316 e. The van der Waals surface area contributed by atoms with Crippen molar-refractivity contribution in [2.75, 3.05) is 5.32 Å². The SMILES string of the molecule is CC(C)(C)Nc1nnc(-c2ccc3c(c2)c(-c2ncc(F)c(C4CC4)n2)cn3SI)o1. The van der Waals surface area contributed by atoms with Gasteiger partial charge in [0.2, 0.25) is 5.89 Å². The molecule has 3 aromatic heterocycles. The van der Waals surface area contributed by atoms with E-state index in [1.807, 2.05) is 49.1 Å². The number of rotatable bonds is 5. The van der Waals surface area contributed by atoms with E-state index < -0.39 is 0 Å². The van der Waals surface area contributed by atoms with Gasteiger partial charge in [0, 0.05) is 64.5 Å². The number of benzene rings is 1. The second kappa shape index (κ2) is 7.73. The first-order valence-corrected chi connectivity index (χ1v) is 13.2. The minimum absolute atomic E-state index is 0.186. The van der Waals surface area contributed by atoms with Crippen LogP contribution in [-0.4, -0.2) is 29.7 Å². The highest BCUT2D eigenvalue weighted by Gasteiger charge is 2.29. The van der Waals surface area contributed by atoms with Crippen molar-refractivity contribution >= 4 is 47.2 Å². The summed E-state index contributed by atoms with van der Waals surface area (Å²) in [7, 11) is 1.55. The van der Waals surface area contributed by atoms with Crippen molar-refractivity contribution in [2.45, 2.75) is 45.1 Å². The summed E-state index contributed by atoms with van der Waals surface area (Å²) in [6.45, 7) is 6.08. The van der Waals surface area contributed by atoms with E-state index >= 15 is 0 Å². The molecule has 10 heteroatoms. The molecule has 1 N–H and O–H groups in total. The average Bonchev–Trinajstić information content (AvgIpc) is 3.36. The number of nitrogens with one attached hydrogen (secondary N) is 1. The molecule has 0 unspecified atom stereocenters. The van der Waals surface area contributed by atoms with E-state index in [1.54, 1.807) is 9.12 Å². The minimum Gasteiger partial charge on any atom is -0.403 e. The van der Waals surface area contributed by atoms with Crippen LogP contribution in [0.15, 0.2) is 35.0 Å². The van der Waals surface area contributed by atoms with Crippen LogP contribution in [0.2, 0.25) is 0 Å². The lowest BCUT2D eigenvalue weighted by Crippen LogP contribution is -2.26. The Kier molecular flexibility index (Phi) is 5.16. The second-order valence-corrected chi connectivity index (χ2v) is 10.4. The molecule has 1 saturated carbocycles. The third-order valence-corrected chi connectivity index (χ3v) is 6.70. The highest BCUT2D eigenvalue weighted by molar-refractivity contribution is 14.2. The topological polar surface area (TPSA) is 81.7 Å². The predicted molar refractivity (Wildman–Crippen MR) is 129 cm³/mol. The summed E-state index contributed by atoms with van der Waals surface area (Å²) in [5.74, 6) is 0.823. The maximum atomic E-state index is 14.2. The van der Waals surface area contributed by atoms with Gasteiger partial charge in [-0.2, -0.15) is 0 Å². The summed E-state index contributed by atoms with van der Waals surface area (Å²) in [5, 5.41) is 12.4. The van der Waals surface area contributed by atoms with E-state index in [2.05, 4.69) is 46.7 Å². The van der Waals surface area contributed by atoms with Crippen LogP contribution in [0.25, 0.3) is 33.7 Å². The molecule has 3 heterocycles. The van der Waals surface area contributed by atoms with Crippen molar-refractivity contribution in [1.29, 1.82) is 0 Å². The van der Waals surface area contributed by atoms with Gasteiger partial charge < -0.3 is 9.73 Å². The van der Waals surface area contributed by atoms with Gasteiger partial charge >= 0.3 is 6.01 Å². The normalized spacial score (nSPS) is 14.4. The monoisotopic (exact) mass is 550 g/mol. The predicted octanol–water partition coefficient (Wildman–Crippen LogP) is 6.22. The number of nitrogens with zero attached hydrogens (tertiary/aromatic N) is 5. The zero-order valence-electron chi connectivity index (χ0n) is 17.2. The molecule has 0 amide bonds. The fourth-order valence-corrected chi connectivity index (χ4v) is 4.79. The van der Waals surface area contributed by atoms with E-state index in [9.17, 15) is 4.39 Å². The van der Waals surface area contributed by atoms with Crippen LogP contribution in [-0.2, 0) is 0 Å². The van der Waals surface area contributed by atoms with Crippen LogP contribution in [0.4, 0.5) is 10.4 Å². The lowest BCUT2D eigenvalue weighted by molar-refractivity contribution is 0.538. The van der Waals surface area contributed by atoms with E-state index in [-0.39, 0.29) is 17.3 Å². The first kappa shape index (κ1) is 20.7. The van der Waals surface area contributed by atoms with Crippen molar-refractivity contribution in [1.82, 2.24) is 24.1 Å². The molecule has 31 heavy (non-hydrogen) atoms. The van der Waals surface area contributed by atoms with Crippen molar-refractivity contribution in [3.8, 4) is 22.8 Å². The van der Waals surface area contributed by atoms with E-state index in [4.69, 9.17) is 4.42 Å². The quantitative estimate of drug-likeness (QED) is 0.296. The average molecular weight is 550 g/mol. The Labute approximate surface area is 195 Å². The molecule has 1 aliphatic rings. The summed E-state index contributed by atoms with van der Waals surface area (Å²) >= 11 is 2.23. The fourth-order valence-electron chi connectivity index (χ4n) is 3.43. The van der Waals surface area contributed by atoms with Crippen molar-refractivity contribution in [3.63, 3.8) is 0 Å². The van der Waals surface area contributed by atoms with Crippen LogP contribution >= 0.6 is 30.3 Å². The Morgan fingerprint density at radius 1 is 1.26 bits per heavy atom. The van der Waals surface area contributed by atoms with Crippen LogP contribution in [0.3, 0.4) is 0 Å². The molecule has 0 radical (unpaired) electrons. The minimum atomic E-state index is -0.330. The van der Waals surface area contributed by atoms with Crippen LogP contribution in [0.5, 0.6) is 0 Å². The molecule has 1 aromatic carbocycles. The summed E-state index contributed by atoms with van der Waals surface area (Å²) in [6, 6.07) is 6.32. The molecule has 1 aliphatic carbocycles. The highest BCUT2D eigenvalue weighted by Crippen LogP contribution is 2.41. The maximum absolute atomic E-state index is 14.2. The van der Waals surface area contributed by atoms with Gasteiger partial charge in [-0.3, -0.25) is 3.97 Å². The number of hydrogen-bond acceptors (Lipinski definition) is 7. The largest absolute Gasteiger partial charge is 0.403 e. The Morgan fingerprint density at radius 2 is 2.06 bits per heavy atom.